The molecule has 5 nitrogen and oxygen atoms in total. The van der Waals surface area contributed by atoms with Gasteiger partial charge < -0.3 is 16.0 Å². The fourth-order valence-electron chi connectivity index (χ4n) is 1.11. The van der Waals surface area contributed by atoms with Crippen LogP contribution in [0.25, 0.3) is 0 Å². The van der Waals surface area contributed by atoms with Crippen LogP contribution in [0.5, 0.6) is 0 Å². The molecule has 0 radical (unpaired) electrons. The SMILES string of the molecule is NCc1cc(CN)cc(S(=O)(=O)[O-])c1. The number of hydrogen-bond acceptors (Lipinski definition) is 5. The van der Waals surface area contributed by atoms with E-state index in [4.69, 9.17) is 11.5 Å². The molecule has 0 bridgehead atoms. The number of benzene rings is 1. The standard InChI is InChI=1S/C8H12N2O3S/c9-4-6-1-7(5-10)3-8(2-6)14(11,12)13/h1-3H,4-5,9-10H2,(H,11,12,13)/p-1. The largest absolute Gasteiger partial charge is 0.744 e. The molecule has 0 saturated carbocycles. The summed E-state index contributed by atoms with van der Waals surface area (Å²) in [7, 11) is -4.43. The fourth-order valence-corrected chi connectivity index (χ4v) is 1.70. The molecule has 0 aromatic heterocycles. The summed E-state index contributed by atoms with van der Waals surface area (Å²) in [6.07, 6.45) is 0. The third-order valence-corrected chi connectivity index (χ3v) is 2.60. The summed E-state index contributed by atoms with van der Waals surface area (Å²) in [5.41, 5.74) is 11.9. The van der Waals surface area contributed by atoms with E-state index >= 15 is 0 Å². The maximum atomic E-state index is 10.7. The maximum absolute atomic E-state index is 10.7. The van der Waals surface area contributed by atoms with Crippen molar-refractivity contribution in [3.05, 3.63) is 29.3 Å². The topological polar surface area (TPSA) is 109 Å². The molecule has 0 amide bonds. The van der Waals surface area contributed by atoms with Gasteiger partial charge in [-0.05, 0) is 23.3 Å². The highest BCUT2D eigenvalue weighted by Gasteiger charge is 2.04. The third kappa shape index (κ3) is 2.52. The van der Waals surface area contributed by atoms with Gasteiger partial charge in [0.05, 0.1) is 4.90 Å². The van der Waals surface area contributed by atoms with E-state index in [1.165, 1.54) is 12.1 Å². The molecule has 14 heavy (non-hydrogen) atoms. The van der Waals surface area contributed by atoms with Gasteiger partial charge in [-0.1, -0.05) is 6.07 Å². The van der Waals surface area contributed by atoms with Crippen LogP contribution in [0.3, 0.4) is 0 Å². The van der Waals surface area contributed by atoms with Gasteiger partial charge in [-0.2, -0.15) is 0 Å². The Labute approximate surface area is 82.5 Å². The van der Waals surface area contributed by atoms with Crippen LogP contribution in [0.2, 0.25) is 0 Å². The Morgan fingerprint density at radius 1 is 1.07 bits per heavy atom. The quantitative estimate of drug-likeness (QED) is 0.661. The molecule has 0 unspecified atom stereocenters. The average Bonchev–Trinajstić information content (AvgIpc) is 2.15. The second-order valence-corrected chi connectivity index (χ2v) is 4.23. The van der Waals surface area contributed by atoms with E-state index in [-0.39, 0.29) is 18.0 Å². The monoisotopic (exact) mass is 215 g/mol. The van der Waals surface area contributed by atoms with Crippen LogP contribution in [-0.2, 0) is 23.2 Å². The molecular formula is C8H11N2O3S-. The molecule has 0 heterocycles. The first-order valence-corrected chi connectivity index (χ1v) is 5.37. The van der Waals surface area contributed by atoms with Gasteiger partial charge in [0.25, 0.3) is 0 Å². The lowest BCUT2D eigenvalue weighted by molar-refractivity contribution is 0.463. The fraction of sp³-hybridized carbons (Fsp3) is 0.250. The van der Waals surface area contributed by atoms with Crippen molar-refractivity contribution in [2.24, 2.45) is 11.5 Å². The van der Waals surface area contributed by atoms with Crippen LogP contribution in [0.1, 0.15) is 11.1 Å². The first-order chi connectivity index (χ1) is 6.47. The zero-order valence-corrected chi connectivity index (χ0v) is 8.25. The van der Waals surface area contributed by atoms with E-state index in [1.54, 1.807) is 6.07 Å². The van der Waals surface area contributed by atoms with Gasteiger partial charge in [0.2, 0.25) is 0 Å². The van der Waals surface area contributed by atoms with Gasteiger partial charge in [-0.3, -0.25) is 0 Å². The Morgan fingerprint density at radius 3 is 1.79 bits per heavy atom. The van der Waals surface area contributed by atoms with Gasteiger partial charge in [-0.15, -0.1) is 0 Å². The van der Waals surface area contributed by atoms with E-state index in [0.29, 0.717) is 11.1 Å². The van der Waals surface area contributed by atoms with Gasteiger partial charge in [0.15, 0.2) is 0 Å². The van der Waals surface area contributed by atoms with Crippen molar-refractivity contribution in [2.75, 3.05) is 0 Å². The Balaban J connectivity index is 3.32. The first-order valence-electron chi connectivity index (χ1n) is 3.96. The molecule has 0 fully saturated rings. The van der Waals surface area contributed by atoms with Crippen molar-refractivity contribution in [1.82, 2.24) is 0 Å². The molecule has 0 aliphatic rings. The Bertz CT molecular complexity index is 406. The normalized spacial score (nSPS) is 11.6. The summed E-state index contributed by atoms with van der Waals surface area (Å²) in [5, 5.41) is 0. The Kier molecular flexibility index (Phi) is 3.22. The molecule has 0 atom stereocenters. The molecule has 1 rings (SSSR count). The van der Waals surface area contributed by atoms with Crippen LogP contribution in [0.4, 0.5) is 0 Å². The van der Waals surface area contributed by atoms with Crippen molar-refractivity contribution in [2.45, 2.75) is 18.0 Å². The van der Waals surface area contributed by atoms with Crippen LogP contribution in [0, 0.1) is 0 Å². The number of rotatable bonds is 3. The van der Waals surface area contributed by atoms with Crippen LogP contribution >= 0.6 is 0 Å². The molecule has 0 aliphatic heterocycles. The molecule has 0 saturated heterocycles. The molecule has 6 heteroatoms. The summed E-state index contributed by atoms with van der Waals surface area (Å²) >= 11 is 0. The molecular weight excluding hydrogens is 204 g/mol. The third-order valence-electron chi connectivity index (χ3n) is 1.79. The smallest absolute Gasteiger partial charge is 0.124 e. The van der Waals surface area contributed by atoms with Gasteiger partial charge in [0.1, 0.15) is 10.1 Å². The lowest BCUT2D eigenvalue weighted by atomic mass is 10.1. The van der Waals surface area contributed by atoms with E-state index < -0.39 is 10.1 Å². The molecule has 78 valence electrons. The van der Waals surface area contributed by atoms with Gasteiger partial charge >= 0.3 is 0 Å². The first kappa shape index (κ1) is 11.1. The van der Waals surface area contributed by atoms with E-state index in [1.807, 2.05) is 0 Å². The zero-order valence-electron chi connectivity index (χ0n) is 7.43. The maximum Gasteiger partial charge on any atom is 0.124 e. The van der Waals surface area contributed by atoms with Crippen molar-refractivity contribution < 1.29 is 13.0 Å². The van der Waals surface area contributed by atoms with Crippen molar-refractivity contribution >= 4 is 10.1 Å². The predicted octanol–water partition coefficient (Wildman–Crippen LogP) is -0.492. The summed E-state index contributed by atoms with van der Waals surface area (Å²) in [5.74, 6) is 0. The number of nitrogens with two attached hydrogens (primary N) is 2. The minimum atomic E-state index is -4.43. The van der Waals surface area contributed by atoms with E-state index in [9.17, 15) is 13.0 Å². The van der Waals surface area contributed by atoms with Gasteiger partial charge in [0, 0.05) is 13.1 Å². The zero-order chi connectivity index (χ0) is 10.8. The lowest BCUT2D eigenvalue weighted by Crippen LogP contribution is -2.06. The Morgan fingerprint density at radius 2 is 1.50 bits per heavy atom. The minimum Gasteiger partial charge on any atom is -0.744 e. The van der Waals surface area contributed by atoms with Crippen molar-refractivity contribution in [3.63, 3.8) is 0 Å². The molecule has 0 spiro atoms. The van der Waals surface area contributed by atoms with Gasteiger partial charge in [-0.25, -0.2) is 8.42 Å². The molecule has 1 aromatic carbocycles. The predicted molar refractivity (Wildman–Crippen MR) is 50.2 cm³/mol. The van der Waals surface area contributed by atoms with Crippen LogP contribution < -0.4 is 11.5 Å². The van der Waals surface area contributed by atoms with Crippen molar-refractivity contribution in [1.29, 1.82) is 0 Å². The summed E-state index contributed by atoms with van der Waals surface area (Å²) in [6, 6.07) is 4.21. The second-order valence-electron chi connectivity index (χ2n) is 2.85. The van der Waals surface area contributed by atoms with Crippen LogP contribution in [-0.4, -0.2) is 13.0 Å². The molecule has 0 aliphatic carbocycles. The van der Waals surface area contributed by atoms with Crippen LogP contribution in [0.15, 0.2) is 23.1 Å². The van der Waals surface area contributed by atoms with E-state index in [0.717, 1.165) is 0 Å². The van der Waals surface area contributed by atoms with Crippen molar-refractivity contribution in [3.8, 4) is 0 Å². The summed E-state index contributed by atoms with van der Waals surface area (Å²) in [6.45, 7) is 0.354. The Hall–Kier alpha value is -0.950. The molecule has 4 N–H and O–H groups in total. The average molecular weight is 215 g/mol. The highest BCUT2D eigenvalue weighted by Crippen LogP contribution is 2.14. The summed E-state index contributed by atoms with van der Waals surface area (Å²) < 4.78 is 32.2. The molecule has 1 aromatic rings. The number of hydrogen-bond donors (Lipinski definition) is 2. The highest BCUT2D eigenvalue weighted by molar-refractivity contribution is 7.85. The lowest BCUT2D eigenvalue weighted by Gasteiger charge is -2.10. The second kappa shape index (κ2) is 4.05. The highest BCUT2D eigenvalue weighted by atomic mass is 32.2. The van der Waals surface area contributed by atoms with E-state index in [2.05, 4.69) is 0 Å². The minimum absolute atomic E-state index is 0.177. The summed E-state index contributed by atoms with van der Waals surface area (Å²) in [4.78, 5) is -0.277.